The van der Waals surface area contributed by atoms with Gasteiger partial charge in [0.15, 0.2) is 0 Å². The van der Waals surface area contributed by atoms with Crippen molar-refractivity contribution in [3.05, 3.63) is 59.1 Å². The van der Waals surface area contributed by atoms with Gasteiger partial charge in [-0.05, 0) is 48.9 Å². The zero-order chi connectivity index (χ0) is 18.1. The van der Waals surface area contributed by atoms with E-state index in [0.29, 0.717) is 24.3 Å². The van der Waals surface area contributed by atoms with Crippen molar-refractivity contribution in [3.8, 4) is 0 Å². The Hall–Kier alpha value is -2.37. The second-order valence-corrected chi connectivity index (χ2v) is 6.12. The standard InChI is InChI=1S/C19H22ClN3O2/c1-14(24)22-17-3-2-4-18(13-17)23-19(25)10-12-21-11-9-15-5-7-16(20)8-6-15/h2-8,13,21H,9-12H2,1H3,(H,22,24)(H,23,25). The van der Waals surface area contributed by atoms with E-state index in [1.54, 1.807) is 24.3 Å². The zero-order valence-electron chi connectivity index (χ0n) is 14.1. The topological polar surface area (TPSA) is 70.2 Å². The first-order chi connectivity index (χ1) is 12.0. The summed E-state index contributed by atoms with van der Waals surface area (Å²) in [6, 6.07) is 14.8. The Morgan fingerprint density at radius 3 is 2.32 bits per heavy atom. The Balaban J connectivity index is 1.67. The predicted octanol–water partition coefficient (Wildman–Crippen LogP) is 3.46. The van der Waals surface area contributed by atoms with Gasteiger partial charge in [0, 0.05) is 36.3 Å². The number of anilines is 2. The summed E-state index contributed by atoms with van der Waals surface area (Å²) in [4.78, 5) is 23.0. The van der Waals surface area contributed by atoms with E-state index in [1.165, 1.54) is 12.5 Å². The highest BCUT2D eigenvalue weighted by atomic mass is 35.5. The first-order valence-corrected chi connectivity index (χ1v) is 8.53. The van der Waals surface area contributed by atoms with Crippen LogP contribution in [0.1, 0.15) is 18.9 Å². The fourth-order valence-electron chi connectivity index (χ4n) is 2.31. The summed E-state index contributed by atoms with van der Waals surface area (Å²) >= 11 is 5.85. The van der Waals surface area contributed by atoms with Crippen molar-refractivity contribution < 1.29 is 9.59 Å². The van der Waals surface area contributed by atoms with Crippen molar-refractivity contribution in [1.82, 2.24) is 5.32 Å². The highest BCUT2D eigenvalue weighted by Gasteiger charge is 2.03. The van der Waals surface area contributed by atoms with Crippen LogP contribution < -0.4 is 16.0 Å². The van der Waals surface area contributed by atoms with Crippen LogP contribution in [-0.2, 0) is 16.0 Å². The Labute approximate surface area is 152 Å². The lowest BCUT2D eigenvalue weighted by atomic mass is 10.1. The van der Waals surface area contributed by atoms with Gasteiger partial charge in [-0.3, -0.25) is 9.59 Å². The van der Waals surface area contributed by atoms with Gasteiger partial charge in [0.2, 0.25) is 11.8 Å². The Bertz CT molecular complexity index is 717. The molecule has 0 unspecified atom stereocenters. The number of halogens is 1. The lowest BCUT2D eigenvalue weighted by molar-refractivity contribution is -0.116. The maximum absolute atomic E-state index is 12.0. The van der Waals surface area contributed by atoms with Crippen LogP contribution in [0.25, 0.3) is 0 Å². The van der Waals surface area contributed by atoms with E-state index >= 15 is 0 Å². The highest BCUT2D eigenvalue weighted by Crippen LogP contribution is 2.15. The van der Waals surface area contributed by atoms with Crippen LogP contribution in [-0.4, -0.2) is 24.9 Å². The van der Waals surface area contributed by atoms with Crippen LogP contribution in [0.3, 0.4) is 0 Å². The second kappa shape index (κ2) is 9.81. The molecular weight excluding hydrogens is 338 g/mol. The first-order valence-electron chi connectivity index (χ1n) is 8.15. The molecule has 25 heavy (non-hydrogen) atoms. The molecule has 2 aromatic rings. The van der Waals surface area contributed by atoms with Crippen LogP contribution in [0.5, 0.6) is 0 Å². The molecule has 0 aromatic heterocycles. The SMILES string of the molecule is CC(=O)Nc1cccc(NC(=O)CCNCCc2ccc(Cl)cc2)c1. The van der Waals surface area contributed by atoms with E-state index in [9.17, 15) is 9.59 Å². The first kappa shape index (κ1) is 19.0. The fourth-order valence-corrected chi connectivity index (χ4v) is 2.44. The third-order valence-corrected chi connectivity index (χ3v) is 3.75. The van der Waals surface area contributed by atoms with Gasteiger partial charge >= 0.3 is 0 Å². The lowest BCUT2D eigenvalue weighted by Gasteiger charge is -2.08. The summed E-state index contributed by atoms with van der Waals surface area (Å²) in [5, 5.41) is 9.50. The van der Waals surface area contributed by atoms with Gasteiger partial charge in [-0.15, -0.1) is 0 Å². The number of benzene rings is 2. The van der Waals surface area contributed by atoms with E-state index in [1.807, 2.05) is 24.3 Å². The van der Waals surface area contributed by atoms with Crippen molar-refractivity contribution in [2.45, 2.75) is 19.8 Å². The average Bonchev–Trinajstić information content (AvgIpc) is 2.56. The summed E-state index contributed by atoms with van der Waals surface area (Å²) in [5.41, 5.74) is 2.53. The van der Waals surface area contributed by atoms with Gasteiger partial charge < -0.3 is 16.0 Å². The molecule has 2 rings (SSSR count). The van der Waals surface area contributed by atoms with Crippen molar-refractivity contribution in [1.29, 1.82) is 0 Å². The van der Waals surface area contributed by atoms with Gasteiger partial charge in [-0.1, -0.05) is 29.8 Å². The molecule has 0 saturated carbocycles. The fraction of sp³-hybridized carbons (Fsp3) is 0.263. The molecule has 0 aliphatic heterocycles. The molecule has 6 heteroatoms. The van der Waals surface area contributed by atoms with Crippen LogP contribution in [0.2, 0.25) is 5.02 Å². The zero-order valence-corrected chi connectivity index (χ0v) is 14.9. The third kappa shape index (κ3) is 7.37. The molecule has 132 valence electrons. The summed E-state index contributed by atoms with van der Waals surface area (Å²) < 4.78 is 0. The van der Waals surface area contributed by atoms with Gasteiger partial charge in [-0.2, -0.15) is 0 Å². The molecule has 5 nitrogen and oxygen atoms in total. The van der Waals surface area contributed by atoms with Crippen molar-refractivity contribution in [3.63, 3.8) is 0 Å². The van der Waals surface area contributed by atoms with Gasteiger partial charge in [0.05, 0.1) is 0 Å². The lowest BCUT2D eigenvalue weighted by Crippen LogP contribution is -2.23. The third-order valence-electron chi connectivity index (χ3n) is 3.50. The van der Waals surface area contributed by atoms with Crippen LogP contribution in [0.15, 0.2) is 48.5 Å². The van der Waals surface area contributed by atoms with Crippen LogP contribution >= 0.6 is 11.6 Å². The number of nitrogens with one attached hydrogen (secondary N) is 3. The van der Waals surface area contributed by atoms with E-state index < -0.39 is 0 Å². The number of hydrogen-bond donors (Lipinski definition) is 3. The Kier molecular flexibility index (Phi) is 7.44. The molecule has 0 atom stereocenters. The predicted molar refractivity (Wildman–Crippen MR) is 102 cm³/mol. The van der Waals surface area contributed by atoms with Gasteiger partial charge in [0.1, 0.15) is 0 Å². The molecular formula is C19H22ClN3O2. The minimum Gasteiger partial charge on any atom is -0.326 e. The average molecular weight is 360 g/mol. The smallest absolute Gasteiger partial charge is 0.225 e. The van der Waals surface area contributed by atoms with Crippen LogP contribution in [0, 0.1) is 0 Å². The van der Waals surface area contributed by atoms with Crippen LogP contribution in [0.4, 0.5) is 11.4 Å². The maximum Gasteiger partial charge on any atom is 0.225 e. The molecule has 2 aromatic carbocycles. The Morgan fingerprint density at radius 2 is 1.64 bits per heavy atom. The minimum atomic E-state index is -0.145. The number of rotatable bonds is 8. The number of hydrogen-bond acceptors (Lipinski definition) is 3. The van der Waals surface area contributed by atoms with E-state index in [2.05, 4.69) is 16.0 Å². The van der Waals surface area contributed by atoms with Gasteiger partial charge in [0.25, 0.3) is 0 Å². The molecule has 3 N–H and O–H groups in total. The van der Waals surface area contributed by atoms with Crippen molar-refractivity contribution in [2.24, 2.45) is 0 Å². The summed E-state index contributed by atoms with van der Waals surface area (Å²) in [7, 11) is 0. The van der Waals surface area contributed by atoms with Gasteiger partial charge in [-0.25, -0.2) is 0 Å². The maximum atomic E-state index is 12.0. The highest BCUT2D eigenvalue weighted by molar-refractivity contribution is 6.30. The van der Waals surface area contributed by atoms with E-state index in [0.717, 1.165) is 18.0 Å². The second-order valence-electron chi connectivity index (χ2n) is 5.69. The molecule has 0 bridgehead atoms. The molecule has 0 fully saturated rings. The monoisotopic (exact) mass is 359 g/mol. The van der Waals surface area contributed by atoms with Crippen molar-refractivity contribution >= 4 is 34.8 Å². The summed E-state index contributed by atoms with van der Waals surface area (Å²) in [5.74, 6) is -0.215. The molecule has 0 saturated heterocycles. The molecule has 2 amide bonds. The normalized spacial score (nSPS) is 10.3. The molecule has 0 aliphatic carbocycles. The summed E-state index contributed by atoms with van der Waals surface area (Å²) in [6.07, 6.45) is 1.27. The number of amides is 2. The van der Waals surface area contributed by atoms with Crippen molar-refractivity contribution in [2.75, 3.05) is 23.7 Å². The number of carbonyl (C=O) groups is 2. The number of carbonyl (C=O) groups excluding carboxylic acids is 2. The largest absolute Gasteiger partial charge is 0.326 e. The molecule has 0 heterocycles. The molecule has 0 aliphatic rings. The van der Waals surface area contributed by atoms with E-state index in [4.69, 9.17) is 11.6 Å². The molecule has 0 spiro atoms. The van der Waals surface area contributed by atoms with E-state index in [-0.39, 0.29) is 11.8 Å². The quantitative estimate of drug-likeness (QED) is 0.632. The molecule has 0 radical (unpaired) electrons. The Morgan fingerprint density at radius 1 is 0.960 bits per heavy atom. The minimum absolute atomic E-state index is 0.0704. The summed E-state index contributed by atoms with van der Waals surface area (Å²) in [6.45, 7) is 2.85.